The second-order valence-corrected chi connectivity index (χ2v) is 9.00. The highest BCUT2D eigenvalue weighted by Crippen LogP contribution is 2.22. The Bertz CT molecular complexity index is 1190. The van der Waals surface area contributed by atoms with Crippen LogP contribution < -0.4 is 18.9 Å². The van der Waals surface area contributed by atoms with Gasteiger partial charge in [-0.25, -0.2) is 4.79 Å². The molecule has 1 unspecified atom stereocenters. The molecule has 0 saturated heterocycles. The molecule has 0 amide bonds. The maximum absolute atomic E-state index is 12.6. The van der Waals surface area contributed by atoms with Gasteiger partial charge in [0.2, 0.25) is 6.79 Å². The first kappa shape index (κ1) is 32.4. The van der Waals surface area contributed by atoms with Crippen molar-refractivity contribution in [3.63, 3.8) is 0 Å². The first-order valence-corrected chi connectivity index (χ1v) is 13.5. The minimum Gasteiger partial charge on any atom is -0.494 e. The van der Waals surface area contributed by atoms with E-state index in [-0.39, 0.29) is 19.7 Å². The number of esters is 1. The van der Waals surface area contributed by atoms with Crippen molar-refractivity contribution in [2.45, 2.75) is 26.4 Å². The van der Waals surface area contributed by atoms with E-state index < -0.39 is 5.97 Å². The molecule has 0 N–H and O–H groups in total. The summed E-state index contributed by atoms with van der Waals surface area (Å²) in [6.45, 7) is 9.25. The lowest BCUT2D eigenvalue weighted by molar-refractivity contribution is -0.261. The van der Waals surface area contributed by atoms with E-state index in [1.54, 1.807) is 62.6 Å². The average molecular weight is 583 g/mol. The van der Waals surface area contributed by atoms with Crippen LogP contribution in [0.1, 0.15) is 42.3 Å². The first-order chi connectivity index (χ1) is 20.4. The standard InChI is InChI=1S/C32H38O10/c1-24(2)42-40-19-5-18-37-28-10-12-29(13-11-28)38-23-39-30-14-16-31(17-15-30)41-32(33)27-8-6-26(7-9-27)25(3)36-21-20-35-22-34-4/h6-17,25H,1,5,18-23H2,2-4H3. The SMILES string of the molecule is C=C(C)OOCCCOc1ccc(OCOc2ccc(OC(=O)c3ccc(C(C)OCCOCOC)cc3)cc2)cc1. The molecule has 0 aliphatic rings. The van der Waals surface area contributed by atoms with Crippen LogP contribution in [-0.4, -0.2) is 53.1 Å². The van der Waals surface area contributed by atoms with Crippen LogP contribution in [0.4, 0.5) is 0 Å². The number of hydrogen-bond donors (Lipinski definition) is 0. The van der Waals surface area contributed by atoms with Gasteiger partial charge in [-0.15, -0.1) is 0 Å². The fourth-order valence-electron chi connectivity index (χ4n) is 3.43. The molecular weight excluding hydrogens is 544 g/mol. The highest BCUT2D eigenvalue weighted by Gasteiger charge is 2.11. The molecule has 226 valence electrons. The highest BCUT2D eigenvalue weighted by atomic mass is 17.2. The lowest BCUT2D eigenvalue weighted by Crippen LogP contribution is -2.10. The molecule has 0 aliphatic heterocycles. The first-order valence-electron chi connectivity index (χ1n) is 13.5. The van der Waals surface area contributed by atoms with E-state index in [1.807, 2.05) is 31.2 Å². The zero-order valence-electron chi connectivity index (χ0n) is 24.2. The van der Waals surface area contributed by atoms with E-state index in [9.17, 15) is 4.79 Å². The molecule has 3 aromatic carbocycles. The number of carbonyl (C=O) groups excluding carboxylic acids is 1. The van der Waals surface area contributed by atoms with Crippen molar-refractivity contribution in [1.29, 1.82) is 0 Å². The minimum absolute atomic E-state index is 0.00800. The molecule has 0 heterocycles. The predicted octanol–water partition coefficient (Wildman–Crippen LogP) is 6.27. The maximum atomic E-state index is 12.6. The van der Waals surface area contributed by atoms with Crippen molar-refractivity contribution in [1.82, 2.24) is 0 Å². The van der Waals surface area contributed by atoms with E-state index >= 15 is 0 Å². The monoisotopic (exact) mass is 582 g/mol. The number of carbonyl (C=O) groups is 1. The van der Waals surface area contributed by atoms with Crippen molar-refractivity contribution < 1.29 is 47.7 Å². The summed E-state index contributed by atoms with van der Waals surface area (Å²) in [7, 11) is 1.57. The van der Waals surface area contributed by atoms with Crippen molar-refractivity contribution >= 4 is 5.97 Å². The van der Waals surface area contributed by atoms with Gasteiger partial charge in [0.25, 0.3) is 0 Å². The van der Waals surface area contributed by atoms with Gasteiger partial charge in [-0.2, -0.15) is 4.89 Å². The van der Waals surface area contributed by atoms with E-state index in [2.05, 4.69) is 6.58 Å². The summed E-state index contributed by atoms with van der Waals surface area (Å²) in [5, 5.41) is 0. The summed E-state index contributed by atoms with van der Waals surface area (Å²) in [6.07, 6.45) is 0.530. The molecule has 3 rings (SSSR count). The highest BCUT2D eigenvalue weighted by molar-refractivity contribution is 5.91. The van der Waals surface area contributed by atoms with Gasteiger partial charge < -0.3 is 38.0 Å². The summed E-state index contributed by atoms with van der Waals surface area (Å²) in [6, 6.07) is 21.0. The molecule has 1 atom stereocenters. The molecule has 0 radical (unpaired) electrons. The van der Waals surface area contributed by atoms with Crippen LogP contribution in [0.15, 0.2) is 85.1 Å². The number of hydrogen-bond acceptors (Lipinski definition) is 10. The van der Waals surface area contributed by atoms with Gasteiger partial charge in [0, 0.05) is 13.5 Å². The third-order valence-electron chi connectivity index (χ3n) is 5.56. The lowest BCUT2D eigenvalue weighted by Gasteiger charge is -2.14. The summed E-state index contributed by atoms with van der Waals surface area (Å²) in [4.78, 5) is 22.4. The quantitative estimate of drug-likeness (QED) is 0.0288. The number of rotatable bonds is 20. The maximum Gasteiger partial charge on any atom is 0.343 e. The van der Waals surface area contributed by atoms with E-state index in [1.165, 1.54) is 0 Å². The van der Waals surface area contributed by atoms with Gasteiger partial charge in [-0.1, -0.05) is 18.7 Å². The van der Waals surface area contributed by atoms with Crippen LogP contribution in [-0.2, 0) is 24.0 Å². The molecule has 0 aromatic heterocycles. The van der Waals surface area contributed by atoms with Crippen molar-refractivity contribution in [3.8, 4) is 23.0 Å². The summed E-state index contributed by atoms with van der Waals surface area (Å²) in [5.74, 6) is 2.36. The van der Waals surface area contributed by atoms with E-state index in [0.717, 1.165) is 5.56 Å². The minimum atomic E-state index is -0.461. The van der Waals surface area contributed by atoms with Gasteiger partial charge >= 0.3 is 5.97 Å². The fourth-order valence-corrected chi connectivity index (χ4v) is 3.43. The zero-order chi connectivity index (χ0) is 30.0. The Hall–Kier alpha value is -4.09. The third-order valence-corrected chi connectivity index (χ3v) is 5.56. The molecule has 0 spiro atoms. The Labute approximate surface area is 246 Å². The average Bonchev–Trinajstić information content (AvgIpc) is 3.00. The van der Waals surface area contributed by atoms with E-state index in [4.69, 9.17) is 42.9 Å². The van der Waals surface area contributed by atoms with E-state index in [0.29, 0.717) is 67.2 Å². The van der Waals surface area contributed by atoms with Gasteiger partial charge in [0.05, 0.1) is 38.1 Å². The number of allylic oxidation sites excluding steroid dienone is 1. The summed E-state index contributed by atoms with van der Waals surface area (Å²) >= 11 is 0. The molecule has 42 heavy (non-hydrogen) atoms. The summed E-state index contributed by atoms with van der Waals surface area (Å²) < 4.78 is 38.2. The third kappa shape index (κ3) is 12.2. The fraction of sp³-hybridized carbons (Fsp3) is 0.344. The molecule has 0 bridgehead atoms. The number of ether oxygens (including phenoxy) is 7. The largest absolute Gasteiger partial charge is 0.494 e. The molecular formula is C32H38O10. The van der Waals surface area contributed by atoms with Gasteiger partial charge in [0.15, 0.2) is 0 Å². The number of benzene rings is 3. The van der Waals surface area contributed by atoms with Gasteiger partial charge in [-0.3, -0.25) is 0 Å². The molecule has 10 heteroatoms. The second kappa shape index (κ2) is 18.4. The van der Waals surface area contributed by atoms with Crippen LogP contribution in [0.3, 0.4) is 0 Å². The van der Waals surface area contributed by atoms with Crippen LogP contribution in [0.5, 0.6) is 23.0 Å². The van der Waals surface area contributed by atoms with Crippen LogP contribution in [0, 0.1) is 0 Å². The predicted molar refractivity (Wildman–Crippen MR) is 155 cm³/mol. The molecule has 3 aromatic rings. The Morgan fingerprint density at radius 1 is 0.738 bits per heavy atom. The Morgan fingerprint density at radius 3 is 1.93 bits per heavy atom. The Kier molecular flexibility index (Phi) is 14.2. The lowest BCUT2D eigenvalue weighted by atomic mass is 10.1. The van der Waals surface area contributed by atoms with Crippen molar-refractivity contribution in [2.24, 2.45) is 0 Å². The second-order valence-electron chi connectivity index (χ2n) is 9.00. The van der Waals surface area contributed by atoms with Crippen LogP contribution in [0.25, 0.3) is 0 Å². The van der Waals surface area contributed by atoms with Gasteiger partial charge in [-0.05, 0) is 80.1 Å². The Balaban J connectivity index is 1.34. The van der Waals surface area contributed by atoms with Crippen LogP contribution in [0.2, 0.25) is 0 Å². The topological polar surface area (TPSA) is 100 Å². The van der Waals surface area contributed by atoms with Crippen LogP contribution >= 0.6 is 0 Å². The molecule has 0 aliphatic carbocycles. The zero-order valence-corrected chi connectivity index (χ0v) is 24.2. The normalized spacial score (nSPS) is 11.4. The Morgan fingerprint density at radius 2 is 1.33 bits per heavy atom. The number of methoxy groups -OCH3 is 1. The van der Waals surface area contributed by atoms with Crippen molar-refractivity contribution in [2.75, 3.05) is 47.1 Å². The summed E-state index contributed by atoms with van der Waals surface area (Å²) in [5.41, 5.74) is 1.38. The molecule has 0 saturated carbocycles. The van der Waals surface area contributed by atoms with Gasteiger partial charge in [0.1, 0.15) is 35.6 Å². The van der Waals surface area contributed by atoms with Crippen molar-refractivity contribution in [3.05, 3.63) is 96.3 Å². The molecule has 0 fully saturated rings. The smallest absolute Gasteiger partial charge is 0.343 e. The molecule has 10 nitrogen and oxygen atoms in total.